The number of halogens is 2. The third kappa shape index (κ3) is 4.01. The number of rotatable bonds is 6. The number of nitrogens with zero attached hydrogens (tertiary/aromatic N) is 2. The van der Waals surface area contributed by atoms with Crippen molar-refractivity contribution in [3.05, 3.63) is 81.3 Å². The van der Waals surface area contributed by atoms with E-state index in [0.717, 1.165) is 28.2 Å². The highest BCUT2D eigenvalue weighted by atomic mass is 35.5. The van der Waals surface area contributed by atoms with Gasteiger partial charge in [-0.15, -0.1) is 0 Å². The zero-order valence-corrected chi connectivity index (χ0v) is 20.6. The van der Waals surface area contributed by atoms with Gasteiger partial charge < -0.3 is 18.9 Å². The lowest BCUT2D eigenvalue weighted by Gasteiger charge is -2.38. The number of hydrogen-bond acceptors (Lipinski definition) is 6. The van der Waals surface area contributed by atoms with Crippen LogP contribution >= 0.6 is 23.2 Å². The number of fused-ring (bicyclic) bond motifs is 3. The molecule has 0 amide bonds. The first-order valence-corrected chi connectivity index (χ1v) is 11.7. The quantitative estimate of drug-likeness (QED) is 0.380. The molecule has 0 aromatic heterocycles. The minimum Gasteiger partial charge on any atom is -0.494 e. The number of methoxy groups -OCH3 is 2. The van der Waals surface area contributed by atoms with E-state index in [2.05, 4.69) is 0 Å². The van der Waals surface area contributed by atoms with Gasteiger partial charge >= 0.3 is 0 Å². The molecular formula is C26H24Cl2N2O4. The van der Waals surface area contributed by atoms with Crippen LogP contribution in [0.4, 0.5) is 0 Å². The molecule has 0 unspecified atom stereocenters. The summed E-state index contributed by atoms with van der Waals surface area (Å²) in [7, 11) is 3.24. The van der Waals surface area contributed by atoms with E-state index >= 15 is 0 Å². The Balaban J connectivity index is 1.57. The molecule has 5 rings (SSSR count). The second-order valence-corrected chi connectivity index (χ2v) is 8.84. The zero-order chi connectivity index (χ0) is 23.8. The van der Waals surface area contributed by atoms with E-state index in [0.29, 0.717) is 40.3 Å². The van der Waals surface area contributed by atoms with Gasteiger partial charge in [-0.3, -0.25) is 0 Å². The van der Waals surface area contributed by atoms with Crippen molar-refractivity contribution in [1.82, 2.24) is 5.01 Å². The van der Waals surface area contributed by atoms with Gasteiger partial charge in [-0.05, 0) is 61.5 Å². The molecule has 2 aliphatic heterocycles. The number of benzene rings is 3. The van der Waals surface area contributed by atoms with E-state index in [9.17, 15) is 0 Å². The summed E-state index contributed by atoms with van der Waals surface area (Å²) in [5.74, 6) is 2.76. The third-order valence-electron chi connectivity index (χ3n) is 6.00. The standard InChI is InChI=1S/C26H24Cl2N2O4/c1-4-33-18-8-5-15(6-9-18)26-30-22(19-12-17(27)13-20(28)25(19)34-26)14-21(29-30)16-7-10-23(31-2)24(11-16)32-3/h5-13,22,26H,4,14H2,1-3H3/t22-,26+/m0/s1. The topological polar surface area (TPSA) is 52.5 Å². The van der Waals surface area contributed by atoms with Crippen molar-refractivity contribution < 1.29 is 18.9 Å². The largest absolute Gasteiger partial charge is 0.494 e. The van der Waals surface area contributed by atoms with Gasteiger partial charge in [0.15, 0.2) is 11.5 Å². The second-order valence-electron chi connectivity index (χ2n) is 7.99. The maximum Gasteiger partial charge on any atom is 0.213 e. The molecule has 6 nitrogen and oxygen atoms in total. The van der Waals surface area contributed by atoms with Crippen molar-refractivity contribution in [3.8, 4) is 23.0 Å². The minimum atomic E-state index is -0.454. The van der Waals surface area contributed by atoms with Crippen molar-refractivity contribution in [2.45, 2.75) is 25.6 Å². The molecule has 3 aromatic rings. The van der Waals surface area contributed by atoms with Crippen molar-refractivity contribution in [2.75, 3.05) is 20.8 Å². The van der Waals surface area contributed by atoms with Crippen LogP contribution in [-0.4, -0.2) is 31.5 Å². The van der Waals surface area contributed by atoms with Crippen LogP contribution in [-0.2, 0) is 0 Å². The van der Waals surface area contributed by atoms with Gasteiger partial charge in [0.25, 0.3) is 0 Å². The van der Waals surface area contributed by atoms with Crippen LogP contribution in [0.5, 0.6) is 23.0 Å². The van der Waals surface area contributed by atoms with Gasteiger partial charge in [0.05, 0.1) is 37.6 Å². The van der Waals surface area contributed by atoms with Gasteiger partial charge in [0.2, 0.25) is 6.23 Å². The Bertz CT molecular complexity index is 1250. The normalized spacial score (nSPS) is 18.5. The smallest absolute Gasteiger partial charge is 0.213 e. The first-order valence-electron chi connectivity index (χ1n) is 11.0. The molecule has 0 N–H and O–H groups in total. The molecule has 176 valence electrons. The van der Waals surface area contributed by atoms with Crippen LogP contribution in [0.15, 0.2) is 59.7 Å². The number of hydrogen-bond donors (Lipinski definition) is 0. The van der Waals surface area contributed by atoms with E-state index in [1.54, 1.807) is 20.3 Å². The van der Waals surface area contributed by atoms with E-state index in [4.69, 9.17) is 47.3 Å². The fourth-order valence-electron chi connectivity index (χ4n) is 4.42. The van der Waals surface area contributed by atoms with Crippen LogP contribution in [0.3, 0.4) is 0 Å². The lowest BCUT2D eigenvalue weighted by Crippen LogP contribution is -2.33. The average molecular weight is 499 g/mol. The molecule has 0 fully saturated rings. The fraction of sp³-hybridized carbons (Fsp3) is 0.269. The average Bonchev–Trinajstić information content (AvgIpc) is 3.30. The Morgan fingerprint density at radius 2 is 1.76 bits per heavy atom. The van der Waals surface area contributed by atoms with E-state index in [1.165, 1.54) is 0 Å². The molecule has 2 aliphatic rings. The Kier molecular flexibility index (Phi) is 6.19. The molecule has 0 bridgehead atoms. The molecule has 3 aromatic carbocycles. The number of hydrazone groups is 1. The van der Waals surface area contributed by atoms with Crippen LogP contribution in [0.25, 0.3) is 0 Å². The molecule has 0 saturated carbocycles. The summed E-state index contributed by atoms with van der Waals surface area (Å²) in [6.45, 7) is 2.57. The molecule has 0 radical (unpaired) electrons. The molecule has 0 aliphatic carbocycles. The molecule has 0 spiro atoms. The van der Waals surface area contributed by atoms with Gasteiger partial charge in [-0.25, -0.2) is 5.01 Å². The predicted molar refractivity (Wildman–Crippen MR) is 133 cm³/mol. The van der Waals surface area contributed by atoms with Crippen molar-refractivity contribution in [3.63, 3.8) is 0 Å². The molecule has 8 heteroatoms. The Morgan fingerprint density at radius 1 is 1.00 bits per heavy atom. The van der Waals surface area contributed by atoms with Gasteiger partial charge in [0, 0.05) is 28.1 Å². The first kappa shape index (κ1) is 22.7. The summed E-state index contributed by atoms with van der Waals surface area (Å²) in [4.78, 5) is 0. The van der Waals surface area contributed by atoms with Gasteiger partial charge in [-0.2, -0.15) is 5.10 Å². The summed E-state index contributed by atoms with van der Waals surface area (Å²) in [6.07, 6.45) is 0.209. The third-order valence-corrected chi connectivity index (χ3v) is 6.50. The van der Waals surface area contributed by atoms with Crippen LogP contribution in [0.1, 0.15) is 42.3 Å². The van der Waals surface area contributed by atoms with Crippen molar-refractivity contribution in [1.29, 1.82) is 0 Å². The summed E-state index contributed by atoms with van der Waals surface area (Å²) < 4.78 is 22.9. The van der Waals surface area contributed by atoms with Crippen LogP contribution in [0, 0.1) is 0 Å². The lowest BCUT2D eigenvalue weighted by molar-refractivity contribution is -0.0189. The highest BCUT2D eigenvalue weighted by Gasteiger charge is 2.42. The summed E-state index contributed by atoms with van der Waals surface area (Å²) in [5, 5.41) is 8.03. The minimum absolute atomic E-state index is 0.0837. The summed E-state index contributed by atoms with van der Waals surface area (Å²) in [6, 6.07) is 17.2. The van der Waals surface area contributed by atoms with E-state index in [1.807, 2.05) is 60.5 Å². The predicted octanol–water partition coefficient (Wildman–Crippen LogP) is 6.65. The van der Waals surface area contributed by atoms with Crippen LogP contribution < -0.4 is 18.9 Å². The Morgan fingerprint density at radius 3 is 2.47 bits per heavy atom. The maximum absolute atomic E-state index is 6.57. The molecule has 34 heavy (non-hydrogen) atoms. The summed E-state index contributed by atoms with van der Waals surface area (Å²) in [5.41, 5.74) is 3.72. The lowest BCUT2D eigenvalue weighted by atomic mass is 9.95. The second kappa shape index (κ2) is 9.28. The molecule has 0 saturated heterocycles. The fourth-order valence-corrected chi connectivity index (χ4v) is 4.97. The highest BCUT2D eigenvalue weighted by molar-refractivity contribution is 6.35. The van der Waals surface area contributed by atoms with Gasteiger partial charge in [-0.1, -0.05) is 23.2 Å². The monoisotopic (exact) mass is 498 g/mol. The molecular weight excluding hydrogens is 475 g/mol. The van der Waals surface area contributed by atoms with Gasteiger partial charge in [0.1, 0.15) is 11.5 Å². The molecule has 2 atom stereocenters. The Hall–Kier alpha value is -3.09. The maximum atomic E-state index is 6.57. The van der Waals surface area contributed by atoms with E-state index in [-0.39, 0.29) is 6.04 Å². The zero-order valence-electron chi connectivity index (χ0n) is 19.0. The number of ether oxygens (including phenoxy) is 4. The summed E-state index contributed by atoms with van der Waals surface area (Å²) >= 11 is 12.9. The van der Waals surface area contributed by atoms with Crippen molar-refractivity contribution >= 4 is 28.9 Å². The first-order chi connectivity index (χ1) is 16.5. The van der Waals surface area contributed by atoms with Crippen LogP contribution in [0.2, 0.25) is 10.0 Å². The highest BCUT2D eigenvalue weighted by Crippen LogP contribution is 2.51. The SMILES string of the molecule is CCOc1ccc([C@H]2Oc3c(Cl)cc(Cl)cc3[C@@H]3CC(c4ccc(OC)c(OC)c4)=NN23)cc1. The Labute approximate surface area is 208 Å². The molecule has 2 heterocycles. The van der Waals surface area contributed by atoms with Crippen molar-refractivity contribution in [2.24, 2.45) is 5.10 Å². The van der Waals surface area contributed by atoms with E-state index < -0.39 is 6.23 Å².